The summed E-state index contributed by atoms with van der Waals surface area (Å²) in [6.07, 6.45) is 0.915. The van der Waals surface area contributed by atoms with Crippen molar-refractivity contribution in [3.63, 3.8) is 0 Å². The summed E-state index contributed by atoms with van der Waals surface area (Å²) in [6, 6.07) is 0. The molecule has 1 aliphatic carbocycles. The molecule has 0 aromatic heterocycles. The molecule has 0 aromatic rings. The minimum Gasteiger partial charge on any atom is -0.466 e. The van der Waals surface area contributed by atoms with Crippen molar-refractivity contribution in [3.05, 3.63) is 0 Å². The summed E-state index contributed by atoms with van der Waals surface area (Å²) in [5.74, 6) is -0.245. The van der Waals surface area contributed by atoms with Crippen LogP contribution < -0.4 is 0 Å². The molecule has 0 spiro atoms. The molecule has 4 heteroatoms. The van der Waals surface area contributed by atoms with E-state index >= 15 is 0 Å². The second kappa shape index (κ2) is 5.10. The third-order valence-corrected chi connectivity index (χ3v) is 2.49. The fourth-order valence-corrected chi connectivity index (χ4v) is 1.72. The van der Waals surface area contributed by atoms with Crippen LogP contribution in [0.1, 0.15) is 32.6 Å². The Balaban J connectivity index is 2.32. The molecule has 4 nitrogen and oxygen atoms in total. The SMILES string of the molecule is CCOC(=O)CC1CCC(=O)C(O)C1. The summed E-state index contributed by atoms with van der Waals surface area (Å²) in [6.45, 7) is 2.14. The molecule has 80 valence electrons. The van der Waals surface area contributed by atoms with Crippen LogP contribution in [0.3, 0.4) is 0 Å². The summed E-state index contributed by atoms with van der Waals surface area (Å²) in [4.78, 5) is 22.1. The van der Waals surface area contributed by atoms with Gasteiger partial charge in [-0.15, -0.1) is 0 Å². The summed E-state index contributed by atoms with van der Waals surface area (Å²) < 4.78 is 4.80. The van der Waals surface area contributed by atoms with Crippen LogP contribution in [0.2, 0.25) is 0 Å². The largest absolute Gasteiger partial charge is 0.466 e. The molecule has 2 unspecified atom stereocenters. The number of hydrogen-bond donors (Lipinski definition) is 1. The maximum atomic E-state index is 11.1. The predicted molar refractivity (Wildman–Crippen MR) is 49.6 cm³/mol. The molecule has 1 N–H and O–H groups in total. The van der Waals surface area contributed by atoms with Crippen LogP contribution in [0.5, 0.6) is 0 Å². The van der Waals surface area contributed by atoms with Crippen molar-refractivity contribution >= 4 is 11.8 Å². The maximum absolute atomic E-state index is 11.1. The molecule has 0 amide bonds. The maximum Gasteiger partial charge on any atom is 0.306 e. The number of aliphatic hydroxyl groups is 1. The fourth-order valence-electron chi connectivity index (χ4n) is 1.72. The molecular formula is C10H16O4. The van der Waals surface area contributed by atoms with E-state index in [1.807, 2.05) is 0 Å². The summed E-state index contributed by atoms with van der Waals surface area (Å²) in [5.41, 5.74) is 0. The van der Waals surface area contributed by atoms with Crippen molar-refractivity contribution in [2.24, 2.45) is 5.92 Å². The Morgan fingerprint density at radius 2 is 2.36 bits per heavy atom. The van der Waals surface area contributed by atoms with E-state index in [0.717, 1.165) is 0 Å². The van der Waals surface area contributed by atoms with Crippen LogP contribution in [0.25, 0.3) is 0 Å². The van der Waals surface area contributed by atoms with Crippen molar-refractivity contribution in [3.8, 4) is 0 Å². The quantitative estimate of drug-likeness (QED) is 0.680. The van der Waals surface area contributed by atoms with E-state index in [4.69, 9.17) is 4.74 Å². The van der Waals surface area contributed by atoms with E-state index in [0.29, 0.717) is 32.3 Å². The third-order valence-electron chi connectivity index (χ3n) is 2.49. The van der Waals surface area contributed by atoms with Crippen molar-refractivity contribution in [1.29, 1.82) is 0 Å². The van der Waals surface area contributed by atoms with Crippen LogP contribution >= 0.6 is 0 Å². The first kappa shape index (κ1) is 11.2. The number of ketones is 1. The average Bonchev–Trinajstić information content (AvgIpc) is 2.12. The van der Waals surface area contributed by atoms with Crippen LogP contribution in [0.15, 0.2) is 0 Å². The number of carbonyl (C=O) groups is 2. The Labute approximate surface area is 83.2 Å². The van der Waals surface area contributed by atoms with Gasteiger partial charge in [-0.2, -0.15) is 0 Å². The normalized spacial score (nSPS) is 27.4. The number of hydrogen-bond acceptors (Lipinski definition) is 4. The minimum absolute atomic E-state index is 0.0988. The summed E-state index contributed by atoms with van der Waals surface area (Å²) in [7, 11) is 0. The van der Waals surface area contributed by atoms with Gasteiger partial charge >= 0.3 is 5.97 Å². The molecule has 0 radical (unpaired) electrons. The number of ether oxygens (including phenoxy) is 1. The van der Waals surface area contributed by atoms with Crippen molar-refractivity contribution in [1.82, 2.24) is 0 Å². The first-order valence-electron chi connectivity index (χ1n) is 5.00. The van der Waals surface area contributed by atoms with Gasteiger partial charge in [0.2, 0.25) is 0 Å². The molecule has 0 heterocycles. The average molecular weight is 200 g/mol. The highest BCUT2D eigenvalue weighted by atomic mass is 16.5. The van der Waals surface area contributed by atoms with Gasteiger partial charge in [0.25, 0.3) is 0 Å². The van der Waals surface area contributed by atoms with Gasteiger partial charge in [-0.05, 0) is 25.7 Å². The highest BCUT2D eigenvalue weighted by Gasteiger charge is 2.28. The van der Waals surface area contributed by atoms with E-state index in [-0.39, 0.29) is 17.7 Å². The van der Waals surface area contributed by atoms with Gasteiger partial charge in [0.1, 0.15) is 6.10 Å². The van der Waals surface area contributed by atoms with E-state index < -0.39 is 6.10 Å². The molecule has 1 rings (SSSR count). The van der Waals surface area contributed by atoms with Crippen LogP contribution in [-0.4, -0.2) is 29.6 Å². The molecule has 1 saturated carbocycles. The van der Waals surface area contributed by atoms with E-state index in [1.165, 1.54) is 0 Å². The summed E-state index contributed by atoms with van der Waals surface area (Å²) in [5, 5.41) is 9.29. The highest BCUT2D eigenvalue weighted by Crippen LogP contribution is 2.25. The van der Waals surface area contributed by atoms with Crippen LogP contribution in [0.4, 0.5) is 0 Å². The van der Waals surface area contributed by atoms with Crippen molar-refractivity contribution < 1.29 is 19.4 Å². The molecule has 0 aromatic carbocycles. The second-order valence-corrected chi connectivity index (χ2v) is 3.63. The molecule has 0 saturated heterocycles. The third kappa shape index (κ3) is 3.10. The Morgan fingerprint density at radius 1 is 1.64 bits per heavy atom. The molecule has 0 bridgehead atoms. The Morgan fingerprint density at radius 3 is 2.93 bits per heavy atom. The zero-order chi connectivity index (χ0) is 10.6. The number of rotatable bonds is 3. The molecule has 14 heavy (non-hydrogen) atoms. The van der Waals surface area contributed by atoms with Crippen LogP contribution in [0, 0.1) is 5.92 Å². The zero-order valence-electron chi connectivity index (χ0n) is 8.36. The Hall–Kier alpha value is -0.900. The van der Waals surface area contributed by atoms with Gasteiger partial charge in [-0.25, -0.2) is 0 Å². The number of Topliss-reactive ketones (excluding diaryl/α,β-unsaturated/α-hetero) is 1. The zero-order valence-corrected chi connectivity index (χ0v) is 8.36. The lowest BCUT2D eigenvalue weighted by Gasteiger charge is -2.23. The minimum atomic E-state index is -0.872. The standard InChI is InChI=1S/C10H16O4/c1-2-14-10(13)6-7-3-4-8(11)9(12)5-7/h7,9,12H,2-6H2,1H3. The van der Waals surface area contributed by atoms with Crippen molar-refractivity contribution in [2.45, 2.75) is 38.7 Å². The topological polar surface area (TPSA) is 63.6 Å². The Kier molecular flexibility index (Phi) is 4.07. The van der Waals surface area contributed by atoms with Gasteiger partial charge in [0, 0.05) is 12.8 Å². The van der Waals surface area contributed by atoms with Gasteiger partial charge in [-0.1, -0.05) is 0 Å². The van der Waals surface area contributed by atoms with Gasteiger partial charge < -0.3 is 9.84 Å². The lowest BCUT2D eigenvalue weighted by Crippen LogP contribution is -2.30. The summed E-state index contributed by atoms with van der Waals surface area (Å²) >= 11 is 0. The molecule has 2 atom stereocenters. The lowest BCUT2D eigenvalue weighted by atomic mass is 9.84. The first-order valence-corrected chi connectivity index (χ1v) is 5.00. The lowest BCUT2D eigenvalue weighted by molar-refractivity contribution is -0.146. The van der Waals surface area contributed by atoms with E-state index in [1.54, 1.807) is 6.92 Å². The van der Waals surface area contributed by atoms with Gasteiger partial charge in [0.05, 0.1) is 6.61 Å². The van der Waals surface area contributed by atoms with Crippen molar-refractivity contribution in [2.75, 3.05) is 6.61 Å². The Bertz CT molecular complexity index is 224. The van der Waals surface area contributed by atoms with Gasteiger partial charge in [-0.3, -0.25) is 9.59 Å². The van der Waals surface area contributed by atoms with E-state index in [2.05, 4.69) is 0 Å². The predicted octanol–water partition coefficient (Wildman–Crippen LogP) is 0.670. The number of carbonyl (C=O) groups excluding carboxylic acids is 2. The molecular weight excluding hydrogens is 184 g/mol. The van der Waals surface area contributed by atoms with E-state index in [9.17, 15) is 14.7 Å². The van der Waals surface area contributed by atoms with Gasteiger partial charge in [0.15, 0.2) is 5.78 Å². The fraction of sp³-hybridized carbons (Fsp3) is 0.800. The number of esters is 1. The molecule has 0 aliphatic heterocycles. The first-order chi connectivity index (χ1) is 6.63. The smallest absolute Gasteiger partial charge is 0.306 e. The molecule has 1 aliphatic rings. The molecule has 1 fully saturated rings. The second-order valence-electron chi connectivity index (χ2n) is 3.63. The number of aliphatic hydroxyl groups excluding tert-OH is 1. The monoisotopic (exact) mass is 200 g/mol. The highest BCUT2D eigenvalue weighted by molar-refractivity contribution is 5.83. The van der Waals surface area contributed by atoms with Crippen LogP contribution in [-0.2, 0) is 14.3 Å².